The molecule has 1 aromatic carbocycles. The molecule has 0 aliphatic rings. The van der Waals surface area contributed by atoms with Gasteiger partial charge in [0.1, 0.15) is 30.2 Å². The topological polar surface area (TPSA) is 116 Å². The first-order valence-electron chi connectivity index (χ1n) is 10.7. The van der Waals surface area contributed by atoms with Crippen LogP contribution < -0.4 is 10.3 Å². The molecule has 0 saturated heterocycles. The van der Waals surface area contributed by atoms with Gasteiger partial charge in [0, 0.05) is 25.1 Å². The number of oxazole rings is 1. The lowest BCUT2D eigenvalue weighted by molar-refractivity contribution is 0.193. The molecule has 9 nitrogen and oxygen atoms in total. The van der Waals surface area contributed by atoms with Gasteiger partial charge in [0.05, 0.1) is 17.5 Å². The van der Waals surface area contributed by atoms with E-state index in [9.17, 15) is 9.90 Å². The van der Waals surface area contributed by atoms with Crippen molar-refractivity contribution >= 4 is 11.6 Å². The quantitative estimate of drug-likeness (QED) is 0.424. The third-order valence-electron chi connectivity index (χ3n) is 5.12. The summed E-state index contributed by atoms with van der Waals surface area (Å²) in [4.78, 5) is 30.6. The number of hydrogen-bond acceptors (Lipinski definition) is 8. The van der Waals surface area contributed by atoms with Crippen molar-refractivity contribution in [3.8, 4) is 22.8 Å². The van der Waals surface area contributed by atoms with Crippen LogP contribution in [0.3, 0.4) is 0 Å². The Labute approximate surface area is 201 Å². The van der Waals surface area contributed by atoms with E-state index in [1.165, 1.54) is 10.8 Å². The van der Waals surface area contributed by atoms with Crippen LogP contribution in [0.25, 0.3) is 16.9 Å². The van der Waals surface area contributed by atoms with E-state index in [1.807, 2.05) is 25.1 Å². The van der Waals surface area contributed by atoms with Gasteiger partial charge in [0.25, 0.3) is 5.56 Å². The zero-order valence-corrected chi connectivity index (χ0v) is 20.0. The second kappa shape index (κ2) is 9.74. The van der Waals surface area contributed by atoms with Gasteiger partial charge in [-0.3, -0.25) is 9.36 Å². The maximum Gasteiger partial charge on any atom is 0.280 e. The van der Waals surface area contributed by atoms with Gasteiger partial charge in [0.15, 0.2) is 10.9 Å². The van der Waals surface area contributed by atoms with Gasteiger partial charge in [-0.15, -0.1) is 0 Å². The first-order chi connectivity index (χ1) is 16.2. The van der Waals surface area contributed by atoms with E-state index in [4.69, 9.17) is 20.8 Å². The summed E-state index contributed by atoms with van der Waals surface area (Å²) in [5.74, 6) is 1.50. The highest BCUT2D eigenvalue weighted by Gasteiger charge is 2.18. The molecule has 0 spiro atoms. The van der Waals surface area contributed by atoms with Crippen LogP contribution in [0, 0.1) is 20.8 Å². The average Bonchev–Trinajstić information content (AvgIpc) is 3.21. The normalized spacial score (nSPS) is 12.1. The van der Waals surface area contributed by atoms with Crippen molar-refractivity contribution in [3.63, 3.8) is 0 Å². The number of ether oxygens (including phenoxy) is 1. The monoisotopic (exact) mass is 481 g/mol. The summed E-state index contributed by atoms with van der Waals surface area (Å²) >= 11 is 6.36. The Kier molecular flexibility index (Phi) is 6.76. The number of aliphatic hydroxyl groups is 1. The highest BCUT2D eigenvalue weighted by atomic mass is 35.5. The number of aryl methyl sites for hydroxylation is 3. The Hall–Kier alpha value is -3.56. The second-order valence-corrected chi connectivity index (χ2v) is 8.36. The lowest BCUT2D eigenvalue weighted by atomic mass is 10.1. The standard InChI is InChI=1S/C24H24ClN5O4/c1-13-5-6-17(19-7-8-26-21(29-19)9-14(2)31)10-20(13)30-15(3)27-23(22(25)24(30)32)34-12-18-11-33-16(4)28-18/h5-8,10-11,14,31H,9,12H2,1-4H3. The summed E-state index contributed by atoms with van der Waals surface area (Å²) in [6.07, 6.45) is 2.93. The molecular formula is C24H24ClN5O4. The van der Waals surface area contributed by atoms with E-state index in [1.54, 1.807) is 33.0 Å². The molecule has 34 heavy (non-hydrogen) atoms. The minimum Gasteiger partial charge on any atom is -0.470 e. The molecule has 1 N–H and O–H groups in total. The van der Waals surface area contributed by atoms with Crippen molar-refractivity contribution in [1.82, 2.24) is 24.5 Å². The van der Waals surface area contributed by atoms with Crippen LogP contribution in [0.1, 0.15) is 35.7 Å². The molecule has 4 aromatic rings. The van der Waals surface area contributed by atoms with E-state index >= 15 is 0 Å². The number of hydrogen-bond donors (Lipinski definition) is 1. The largest absolute Gasteiger partial charge is 0.470 e. The number of rotatable bonds is 7. The summed E-state index contributed by atoms with van der Waals surface area (Å²) < 4.78 is 12.3. The Bertz CT molecular complexity index is 1400. The van der Waals surface area contributed by atoms with Crippen molar-refractivity contribution < 1.29 is 14.3 Å². The third kappa shape index (κ3) is 5.00. The molecule has 0 amide bonds. The van der Waals surface area contributed by atoms with Crippen LogP contribution in [-0.4, -0.2) is 35.7 Å². The summed E-state index contributed by atoms with van der Waals surface area (Å²) in [7, 11) is 0. The molecule has 3 heterocycles. The van der Waals surface area contributed by atoms with Gasteiger partial charge in [-0.2, -0.15) is 4.98 Å². The summed E-state index contributed by atoms with van der Waals surface area (Å²) in [5, 5.41) is 9.53. The average molecular weight is 482 g/mol. The molecule has 3 aromatic heterocycles. The van der Waals surface area contributed by atoms with Crippen LogP contribution >= 0.6 is 11.6 Å². The van der Waals surface area contributed by atoms with Gasteiger partial charge in [-0.05, 0) is 38.5 Å². The smallest absolute Gasteiger partial charge is 0.280 e. The fraction of sp³-hybridized carbons (Fsp3) is 0.292. The molecular weight excluding hydrogens is 458 g/mol. The van der Waals surface area contributed by atoms with E-state index in [-0.39, 0.29) is 17.5 Å². The number of nitrogens with zero attached hydrogens (tertiary/aromatic N) is 5. The highest BCUT2D eigenvalue weighted by Crippen LogP contribution is 2.26. The van der Waals surface area contributed by atoms with Gasteiger partial charge in [-0.1, -0.05) is 23.7 Å². The van der Waals surface area contributed by atoms with E-state index < -0.39 is 11.7 Å². The summed E-state index contributed by atoms with van der Waals surface area (Å²) in [6, 6.07) is 7.46. The van der Waals surface area contributed by atoms with Crippen LogP contribution in [0.5, 0.6) is 5.88 Å². The summed E-state index contributed by atoms with van der Waals surface area (Å²) in [6.45, 7) is 7.10. The maximum atomic E-state index is 13.2. The molecule has 1 unspecified atom stereocenters. The zero-order chi connectivity index (χ0) is 24.4. The molecule has 0 aliphatic carbocycles. The molecule has 0 fully saturated rings. The van der Waals surface area contributed by atoms with Gasteiger partial charge in [-0.25, -0.2) is 15.0 Å². The van der Waals surface area contributed by atoms with Crippen LogP contribution in [0.2, 0.25) is 5.02 Å². The Balaban J connectivity index is 1.70. The molecule has 10 heteroatoms. The van der Waals surface area contributed by atoms with Gasteiger partial charge in [0.2, 0.25) is 5.88 Å². The number of aliphatic hydroxyl groups excluding tert-OH is 1. The van der Waals surface area contributed by atoms with Gasteiger partial charge >= 0.3 is 0 Å². The molecule has 4 rings (SSSR count). The molecule has 176 valence electrons. The lowest BCUT2D eigenvalue weighted by Crippen LogP contribution is -2.24. The van der Waals surface area contributed by atoms with Crippen LogP contribution in [0.4, 0.5) is 0 Å². The predicted octanol–water partition coefficient (Wildman–Crippen LogP) is 3.76. The molecule has 1 atom stereocenters. The predicted molar refractivity (Wildman–Crippen MR) is 126 cm³/mol. The van der Waals surface area contributed by atoms with Gasteiger partial charge < -0.3 is 14.3 Å². The van der Waals surface area contributed by atoms with Crippen molar-refractivity contribution in [2.24, 2.45) is 0 Å². The Morgan fingerprint density at radius 2 is 1.97 bits per heavy atom. The number of aromatic nitrogens is 5. The van der Waals surface area contributed by atoms with Crippen molar-refractivity contribution in [3.05, 3.63) is 80.9 Å². The van der Waals surface area contributed by atoms with E-state index in [2.05, 4.69) is 19.9 Å². The first-order valence-corrected chi connectivity index (χ1v) is 11.0. The minimum absolute atomic E-state index is 0.0356. The fourth-order valence-electron chi connectivity index (χ4n) is 3.51. The van der Waals surface area contributed by atoms with E-state index in [0.29, 0.717) is 41.0 Å². The Morgan fingerprint density at radius 3 is 2.68 bits per heavy atom. The molecule has 0 aliphatic heterocycles. The van der Waals surface area contributed by atoms with Crippen LogP contribution in [-0.2, 0) is 13.0 Å². The number of benzene rings is 1. The molecule has 0 bridgehead atoms. The third-order valence-corrected chi connectivity index (χ3v) is 5.44. The zero-order valence-electron chi connectivity index (χ0n) is 19.2. The minimum atomic E-state index is -0.549. The molecule has 0 radical (unpaired) electrons. The van der Waals surface area contributed by atoms with Crippen LogP contribution in [0.15, 0.2) is 45.9 Å². The fourth-order valence-corrected chi connectivity index (χ4v) is 3.69. The van der Waals surface area contributed by atoms with Crippen molar-refractivity contribution in [2.45, 2.75) is 46.8 Å². The lowest BCUT2D eigenvalue weighted by Gasteiger charge is -2.16. The second-order valence-electron chi connectivity index (χ2n) is 7.98. The Morgan fingerprint density at radius 1 is 1.18 bits per heavy atom. The first kappa shape index (κ1) is 23.6. The summed E-state index contributed by atoms with van der Waals surface area (Å²) in [5.41, 5.74) is 3.08. The highest BCUT2D eigenvalue weighted by molar-refractivity contribution is 6.31. The SMILES string of the molecule is Cc1nc(COc2nc(C)n(-c3cc(-c4ccnc(CC(C)O)n4)ccc3C)c(=O)c2Cl)co1. The van der Waals surface area contributed by atoms with Crippen molar-refractivity contribution in [1.29, 1.82) is 0 Å². The maximum absolute atomic E-state index is 13.2. The number of halogens is 1. The van der Waals surface area contributed by atoms with Crippen molar-refractivity contribution in [2.75, 3.05) is 0 Å². The van der Waals surface area contributed by atoms with E-state index in [0.717, 1.165) is 11.1 Å². The molecule has 0 saturated carbocycles.